The van der Waals surface area contributed by atoms with Crippen molar-refractivity contribution in [1.29, 1.82) is 0 Å². The van der Waals surface area contributed by atoms with Crippen LogP contribution >= 0.6 is 0 Å². The summed E-state index contributed by atoms with van der Waals surface area (Å²) in [5.41, 5.74) is 0.336. The van der Waals surface area contributed by atoms with Gasteiger partial charge in [-0.05, 0) is 12.1 Å². The molecule has 0 aliphatic carbocycles. The Morgan fingerprint density at radius 1 is 1.57 bits per heavy atom. The molecule has 0 unspecified atom stereocenters. The number of hydrogen-bond donors (Lipinski definition) is 1. The average Bonchev–Trinajstić information content (AvgIpc) is 2.18. The Morgan fingerprint density at radius 3 is 2.79 bits per heavy atom. The third-order valence-corrected chi connectivity index (χ3v) is 1.58. The van der Waals surface area contributed by atoms with E-state index < -0.39 is 12.7 Å². The second kappa shape index (κ2) is 7.36. The molecule has 0 fully saturated rings. The third kappa shape index (κ3) is 3.66. The fourth-order valence-electron chi connectivity index (χ4n) is 0.988. The Kier molecular flexibility index (Phi) is 7.39. The molecular formula is C9H11FKNO2. The second-order valence-electron chi connectivity index (χ2n) is 2.34. The summed E-state index contributed by atoms with van der Waals surface area (Å²) in [6.45, 7) is -0.878. The second-order valence-corrected chi connectivity index (χ2v) is 2.34. The van der Waals surface area contributed by atoms with Gasteiger partial charge < -0.3 is 11.5 Å². The zero-order valence-corrected chi connectivity index (χ0v) is 11.3. The fourth-order valence-corrected chi connectivity index (χ4v) is 0.988. The minimum absolute atomic E-state index is 0. The van der Waals surface area contributed by atoms with Crippen molar-refractivity contribution in [2.75, 3.05) is 13.9 Å². The van der Waals surface area contributed by atoms with E-state index in [1.807, 2.05) is 0 Å². The molecule has 0 atom stereocenters. The van der Waals surface area contributed by atoms with Gasteiger partial charge in [0.2, 0.25) is 0 Å². The molecule has 0 radical (unpaired) electrons. The van der Waals surface area contributed by atoms with Gasteiger partial charge in [0.15, 0.2) is 6.80 Å². The topological polar surface area (TPSA) is 38.3 Å². The molecule has 0 saturated heterocycles. The Morgan fingerprint density at radius 2 is 2.21 bits per heavy atom. The van der Waals surface area contributed by atoms with Crippen LogP contribution in [-0.4, -0.2) is 19.8 Å². The van der Waals surface area contributed by atoms with Gasteiger partial charge in [0.25, 0.3) is 5.91 Å². The number of amides is 1. The van der Waals surface area contributed by atoms with Crippen molar-refractivity contribution >= 4 is 5.91 Å². The number of halogens is 1. The zero-order valence-electron chi connectivity index (χ0n) is 9.21. The average molecular weight is 223 g/mol. The summed E-state index contributed by atoms with van der Waals surface area (Å²) in [5, 5.41) is 2.05. The first kappa shape index (κ1) is 14.1. The van der Waals surface area contributed by atoms with Crippen molar-refractivity contribution in [2.24, 2.45) is 0 Å². The van der Waals surface area contributed by atoms with Crippen LogP contribution in [0.25, 0.3) is 0 Å². The Bertz CT molecular complexity index is 312. The van der Waals surface area contributed by atoms with Crippen LogP contribution in [0.2, 0.25) is 0 Å². The molecule has 72 valence electrons. The van der Waals surface area contributed by atoms with E-state index in [4.69, 9.17) is 4.74 Å². The Labute approximate surface area is 126 Å². The van der Waals surface area contributed by atoms with E-state index in [0.717, 1.165) is 0 Å². The minimum atomic E-state index is -0.878. The predicted molar refractivity (Wildman–Crippen MR) is 47.5 cm³/mol. The van der Waals surface area contributed by atoms with Crippen LogP contribution < -0.4 is 61.4 Å². The summed E-state index contributed by atoms with van der Waals surface area (Å²) in [6.07, 6.45) is 0. The van der Waals surface area contributed by atoms with Crippen molar-refractivity contribution in [3.8, 4) is 5.75 Å². The van der Waals surface area contributed by atoms with Crippen LogP contribution in [-0.2, 0) is 0 Å². The molecule has 1 aromatic carbocycles. The first-order valence-electron chi connectivity index (χ1n) is 3.76. The SMILES string of the molecule is COc1ccccc1C(=O)NCF.[H-].[K+]. The fraction of sp³-hybridized carbons (Fsp3) is 0.222. The van der Waals surface area contributed by atoms with Crippen molar-refractivity contribution in [2.45, 2.75) is 0 Å². The number of carbonyl (C=O) groups is 1. The van der Waals surface area contributed by atoms with Crippen molar-refractivity contribution in [3.63, 3.8) is 0 Å². The normalized spacial score (nSPS) is 8.71. The van der Waals surface area contributed by atoms with Crippen molar-refractivity contribution in [1.82, 2.24) is 5.32 Å². The summed E-state index contributed by atoms with van der Waals surface area (Å²) < 4.78 is 16.7. The van der Waals surface area contributed by atoms with E-state index >= 15 is 0 Å². The van der Waals surface area contributed by atoms with Crippen LogP contribution in [0.15, 0.2) is 24.3 Å². The van der Waals surface area contributed by atoms with E-state index in [0.29, 0.717) is 11.3 Å². The number of nitrogens with one attached hydrogen (secondary N) is 1. The first-order valence-corrected chi connectivity index (χ1v) is 3.76. The molecule has 5 heteroatoms. The molecule has 0 aliphatic rings. The zero-order chi connectivity index (χ0) is 9.68. The number of ether oxygens (including phenoxy) is 1. The monoisotopic (exact) mass is 223 g/mol. The first-order chi connectivity index (χ1) is 6.29. The molecule has 0 aromatic heterocycles. The van der Waals surface area contributed by atoms with Gasteiger partial charge in [-0.2, -0.15) is 0 Å². The van der Waals surface area contributed by atoms with E-state index in [-0.39, 0.29) is 52.8 Å². The van der Waals surface area contributed by atoms with Gasteiger partial charge >= 0.3 is 51.4 Å². The van der Waals surface area contributed by atoms with E-state index in [9.17, 15) is 9.18 Å². The smallest absolute Gasteiger partial charge is 1.00 e. The van der Waals surface area contributed by atoms with Crippen molar-refractivity contribution in [3.05, 3.63) is 29.8 Å². The number of benzene rings is 1. The summed E-state index contributed by atoms with van der Waals surface area (Å²) in [5.74, 6) is -0.0339. The third-order valence-electron chi connectivity index (χ3n) is 1.58. The molecule has 1 rings (SSSR count). The van der Waals surface area contributed by atoms with Gasteiger partial charge in [-0.15, -0.1) is 0 Å². The van der Waals surface area contributed by atoms with Crippen molar-refractivity contribution < 1.29 is 66.7 Å². The minimum Gasteiger partial charge on any atom is -1.00 e. The number of hydrogen-bond acceptors (Lipinski definition) is 2. The maximum Gasteiger partial charge on any atom is 1.00 e. The number of rotatable bonds is 3. The summed E-state index contributed by atoms with van der Waals surface area (Å²) >= 11 is 0. The van der Waals surface area contributed by atoms with E-state index in [2.05, 4.69) is 5.32 Å². The van der Waals surface area contributed by atoms with Crippen LogP contribution in [0.1, 0.15) is 11.8 Å². The molecule has 0 aliphatic heterocycles. The molecule has 0 spiro atoms. The molecule has 0 saturated carbocycles. The number of methoxy groups -OCH3 is 1. The van der Waals surface area contributed by atoms with Gasteiger partial charge in [-0.25, -0.2) is 4.39 Å². The molecule has 14 heavy (non-hydrogen) atoms. The molecule has 0 heterocycles. The quantitative estimate of drug-likeness (QED) is 0.499. The van der Waals surface area contributed by atoms with Crippen LogP contribution in [0.3, 0.4) is 0 Å². The van der Waals surface area contributed by atoms with Crippen LogP contribution in [0, 0.1) is 0 Å². The number of para-hydroxylation sites is 1. The van der Waals surface area contributed by atoms with Crippen LogP contribution in [0.4, 0.5) is 4.39 Å². The van der Waals surface area contributed by atoms with Gasteiger partial charge in [0, 0.05) is 0 Å². The molecular weight excluding hydrogens is 212 g/mol. The standard InChI is InChI=1S/C9H10FNO2.K.H/c1-13-8-5-3-2-4-7(8)9(12)11-6-10;;/h2-5H,6H2,1H3,(H,11,12);;/q;+1;-1. The van der Waals surface area contributed by atoms with Crippen LogP contribution in [0.5, 0.6) is 5.75 Å². The Hall–Kier alpha value is 0.0564. The molecule has 1 N–H and O–H groups in total. The van der Waals surface area contributed by atoms with Gasteiger partial charge in [0.05, 0.1) is 12.7 Å². The van der Waals surface area contributed by atoms with Gasteiger partial charge in [0.1, 0.15) is 5.75 Å². The number of carbonyl (C=O) groups excluding carboxylic acids is 1. The summed E-state index contributed by atoms with van der Waals surface area (Å²) in [6, 6.07) is 6.65. The van der Waals surface area contributed by atoms with E-state index in [1.54, 1.807) is 24.3 Å². The number of alkyl halides is 1. The van der Waals surface area contributed by atoms with E-state index in [1.165, 1.54) is 7.11 Å². The molecule has 1 amide bonds. The summed E-state index contributed by atoms with van der Waals surface area (Å²) in [4.78, 5) is 11.2. The summed E-state index contributed by atoms with van der Waals surface area (Å²) in [7, 11) is 1.46. The molecule has 1 aromatic rings. The molecule has 0 bridgehead atoms. The maximum absolute atomic E-state index is 11.8. The maximum atomic E-state index is 11.8. The Balaban J connectivity index is 0. The largest absolute Gasteiger partial charge is 1.00 e. The predicted octanol–water partition coefficient (Wildman–Crippen LogP) is -1.53. The van der Waals surface area contributed by atoms with Gasteiger partial charge in [-0.1, -0.05) is 12.1 Å². The van der Waals surface area contributed by atoms with Gasteiger partial charge in [-0.3, -0.25) is 4.79 Å². The molecule has 3 nitrogen and oxygen atoms in total.